The van der Waals surface area contributed by atoms with E-state index in [4.69, 9.17) is 5.11 Å². The molecule has 0 aliphatic heterocycles. The number of carboxylic acid groups (broad SMARTS) is 1. The van der Waals surface area contributed by atoms with Gasteiger partial charge in [-0.2, -0.15) is 11.3 Å². The molecule has 1 N–H and O–H groups in total. The zero-order valence-corrected chi connectivity index (χ0v) is 10.00. The summed E-state index contributed by atoms with van der Waals surface area (Å²) in [4.78, 5) is 23.8. The first kappa shape index (κ1) is 12.7. The molecule has 0 aliphatic rings. The van der Waals surface area contributed by atoms with Gasteiger partial charge in [-0.05, 0) is 28.8 Å². The molecule has 0 spiro atoms. The molecule has 1 aromatic rings. The van der Waals surface area contributed by atoms with Crippen molar-refractivity contribution >= 4 is 23.2 Å². The van der Waals surface area contributed by atoms with Gasteiger partial charge >= 0.3 is 5.97 Å². The van der Waals surface area contributed by atoms with Gasteiger partial charge in [-0.3, -0.25) is 9.59 Å². The smallest absolute Gasteiger partial charge is 0.323 e. The van der Waals surface area contributed by atoms with Crippen molar-refractivity contribution in [1.82, 2.24) is 4.90 Å². The Morgan fingerprint density at radius 1 is 1.50 bits per heavy atom. The number of carboxylic acids is 1. The predicted molar refractivity (Wildman–Crippen MR) is 62.5 cm³/mol. The number of aliphatic carboxylic acids is 1. The minimum atomic E-state index is -0.966. The number of carbonyl (C=O) groups excluding carboxylic acids is 1. The van der Waals surface area contributed by atoms with Crippen LogP contribution in [0.25, 0.3) is 0 Å². The van der Waals surface area contributed by atoms with Crippen LogP contribution in [0.5, 0.6) is 0 Å². The third-order valence-electron chi connectivity index (χ3n) is 2.11. The topological polar surface area (TPSA) is 57.6 Å². The van der Waals surface area contributed by atoms with Gasteiger partial charge in [0, 0.05) is 6.54 Å². The number of nitrogens with zero attached hydrogens (tertiary/aromatic N) is 1. The number of carbonyl (C=O) groups is 2. The lowest BCUT2D eigenvalue weighted by atomic mass is 10.2. The van der Waals surface area contributed by atoms with E-state index in [0.717, 1.165) is 12.0 Å². The lowest BCUT2D eigenvalue weighted by Gasteiger charge is -2.19. The third-order valence-corrected chi connectivity index (χ3v) is 2.84. The first-order chi connectivity index (χ1) is 7.63. The molecular formula is C11H15NO3S. The van der Waals surface area contributed by atoms with Gasteiger partial charge in [-0.15, -0.1) is 0 Å². The van der Waals surface area contributed by atoms with E-state index in [2.05, 4.69) is 0 Å². The van der Waals surface area contributed by atoms with Crippen LogP contribution < -0.4 is 0 Å². The van der Waals surface area contributed by atoms with Crippen molar-refractivity contribution in [2.45, 2.75) is 19.8 Å². The maximum absolute atomic E-state index is 11.8. The Labute approximate surface area is 98.5 Å². The molecule has 0 saturated carbocycles. The number of rotatable bonds is 6. The van der Waals surface area contributed by atoms with Crippen LogP contribution in [0, 0.1) is 0 Å². The Hall–Kier alpha value is -1.36. The van der Waals surface area contributed by atoms with Crippen molar-refractivity contribution in [2.75, 3.05) is 13.1 Å². The highest BCUT2D eigenvalue weighted by atomic mass is 32.1. The highest BCUT2D eigenvalue weighted by molar-refractivity contribution is 7.07. The standard InChI is InChI=1S/C11H15NO3S/c1-2-4-12(7-11(14)15)10(13)6-9-3-5-16-8-9/h3,5,8H,2,4,6-7H2,1H3,(H,14,15). The minimum absolute atomic E-state index is 0.123. The van der Waals surface area contributed by atoms with Gasteiger partial charge < -0.3 is 10.0 Å². The molecule has 0 bridgehead atoms. The Balaban J connectivity index is 2.56. The number of hydrogen-bond acceptors (Lipinski definition) is 3. The van der Waals surface area contributed by atoms with E-state index in [1.807, 2.05) is 23.8 Å². The van der Waals surface area contributed by atoms with E-state index in [9.17, 15) is 9.59 Å². The van der Waals surface area contributed by atoms with Gasteiger partial charge in [0.1, 0.15) is 6.54 Å². The van der Waals surface area contributed by atoms with Crippen LogP contribution in [0.3, 0.4) is 0 Å². The Bertz CT molecular complexity index is 348. The summed E-state index contributed by atoms with van der Waals surface area (Å²) in [5.74, 6) is -1.09. The Morgan fingerprint density at radius 2 is 2.25 bits per heavy atom. The second kappa shape index (κ2) is 6.27. The zero-order chi connectivity index (χ0) is 12.0. The van der Waals surface area contributed by atoms with Crippen LogP contribution in [0.1, 0.15) is 18.9 Å². The molecule has 5 heteroatoms. The van der Waals surface area contributed by atoms with Crippen LogP contribution in [0.15, 0.2) is 16.8 Å². The van der Waals surface area contributed by atoms with E-state index in [0.29, 0.717) is 6.54 Å². The van der Waals surface area contributed by atoms with Gasteiger partial charge in [0.25, 0.3) is 0 Å². The van der Waals surface area contributed by atoms with E-state index >= 15 is 0 Å². The normalized spacial score (nSPS) is 10.1. The lowest BCUT2D eigenvalue weighted by Crippen LogP contribution is -2.37. The summed E-state index contributed by atoms with van der Waals surface area (Å²) in [6, 6.07) is 1.88. The van der Waals surface area contributed by atoms with Crippen molar-refractivity contribution in [3.05, 3.63) is 22.4 Å². The molecule has 1 amide bonds. The quantitative estimate of drug-likeness (QED) is 0.823. The molecular weight excluding hydrogens is 226 g/mol. The molecule has 1 aromatic heterocycles. The van der Waals surface area contributed by atoms with Gasteiger partial charge in [-0.1, -0.05) is 6.92 Å². The molecule has 16 heavy (non-hydrogen) atoms. The maximum Gasteiger partial charge on any atom is 0.323 e. The van der Waals surface area contributed by atoms with E-state index in [-0.39, 0.29) is 18.9 Å². The fourth-order valence-electron chi connectivity index (χ4n) is 1.40. The summed E-state index contributed by atoms with van der Waals surface area (Å²) in [5.41, 5.74) is 0.946. The second-order valence-corrected chi connectivity index (χ2v) is 4.30. The molecule has 1 heterocycles. The molecule has 88 valence electrons. The van der Waals surface area contributed by atoms with Crippen LogP contribution in [0.4, 0.5) is 0 Å². The molecule has 0 aliphatic carbocycles. The van der Waals surface area contributed by atoms with Gasteiger partial charge in [0.2, 0.25) is 5.91 Å². The average Bonchev–Trinajstić information content (AvgIpc) is 2.69. The molecule has 4 nitrogen and oxygen atoms in total. The fraction of sp³-hybridized carbons (Fsp3) is 0.455. The third kappa shape index (κ3) is 4.02. The van der Waals surface area contributed by atoms with Crippen molar-refractivity contribution < 1.29 is 14.7 Å². The van der Waals surface area contributed by atoms with Crippen LogP contribution in [0.2, 0.25) is 0 Å². The minimum Gasteiger partial charge on any atom is -0.480 e. The SMILES string of the molecule is CCCN(CC(=O)O)C(=O)Cc1ccsc1. The predicted octanol–water partition coefficient (Wildman–Crippen LogP) is 1.61. The second-order valence-electron chi connectivity index (χ2n) is 3.52. The van der Waals surface area contributed by atoms with Crippen LogP contribution >= 0.6 is 11.3 Å². The van der Waals surface area contributed by atoms with E-state index in [1.165, 1.54) is 16.2 Å². The summed E-state index contributed by atoms with van der Waals surface area (Å²) in [7, 11) is 0. The molecule has 0 aromatic carbocycles. The first-order valence-corrected chi connectivity index (χ1v) is 6.08. The van der Waals surface area contributed by atoms with Crippen LogP contribution in [-0.2, 0) is 16.0 Å². The van der Waals surface area contributed by atoms with Gasteiger partial charge in [-0.25, -0.2) is 0 Å². The Morgan fingerprint density at radius 3 is 2.75 bits per heavy atom. The largest absolute Gasteiger partial charge is 0.480 e. The molecule has 0 radical (unpaired) electrons. The zero-order valence-electron chi connectivity index (χ0n) is 9.18. The van der Waals surface area contributed by atoms with Gasteiger partial charge in [0.05, 0.1) is 6.42 Å². The summed E-state index contributed by atoms with van der Waals surface area (Å²) < 4.78 is 0. The first-order valence-electron chi connectivity index (χ1n) is 5.14. The number of hydrogen-bond donors (Lipinski definition) is 1. The molecule has 0 unspecified atom stereocenters. The fourth-order valence-corrected chi connectivity index (χ4v) is 2.07. The molecule has 0 atom stereocenters. The highest BCUT2D eigenvalue weighted by Gasteiger charge is 2.16. The van der Waals surface area contributed by atoms with Crippen molar-refractivity contribution in [3.63, 3.8) is 0 Å². The average molecular weight is 241 g/mol. The molecule has 0 saturated heterocycles. The van der Waals surface area contributed by atoms with Crippen LogP contribution in [-0.4, -0.2) is 35.0 Å². The van der Waals surface area contributed by atoms with Crippen molar-refractivity contribution in [2.24, 2.45) is 0 Å². The Kier molecular flexibility index (Phi) is 4.98. The summed E-state index contributed by atoms with van der Waals surface area (Å²) in [6.45, 7) is 2.21. The van der Waals surface area contributed by atoms with E-state index < -0.39 is 5.97 Å². The van der Waals surface area contributed by atoms with Crippen molar-refractivity contribution in [1.29, 1.82) is 0 Å². The lowest BCUT2D eigenvalue weighted by molar-refractivity contribution is -0.144. The van der Waals surface area contributed by atoms with Crippen molar-refractivity contribution in [3.8, 4) is 0 Å². The summed E-state index contributed by atoms with van der Waals surface area (Å²) >= 11 is 1.53. The maximum atomic E-state index is 11.8. The highest BCUT2D eigenvalue weighted by Crippen LogP contribution is 2.08. The van der Waals surface area contributed by atoms with Gasteiger partial charge in [0.15, 0.2) is 0 Å². The molecule has 1 rings (SSSR count). The monoisotopic (exact) mass is 241 g/mol. The molecule has 0 fully saturated rings. The number of amides is 1. The summed E-state index contributed by atoms with van der Waals surface area (Å²) in [6.07, 6.45) is 1.05. The van der Waals surface area contributed by atoms with E-state index in [1.54, 1.807) is 0 Å². The number of thiophene rings is 1. The summed E-state index contributed by atoms with van der Waals surface area (Å²) in [5, 5.41) is 12.5.